The first-order valence-corrected chi connectivity index (χ1v) is 18.1. The van der Waals surface area contributed by atoms with E-state index in [0.717, 1.165) is 19.5 Å². The Kier molecular flexibility index (Phi) is 8.48. The van der Waals surface area contributed by atoms with Crippen molar-refractivity contribution >= 4 is 44.9 Å². The lowest BCUT2D eigenvalue weighted by molar-refractivity contribution is -0.129. The molecule has 0 bridgehead atoms. The molecule has 0 radical (unpaired) electrons. The highest BCUT2D eigenvalue weighted by molar-refractivity contribution is 7.89. The van der Waals surface area contributed by atoms with Gasteiger partial charge in [-0.25, -0.2) is 22.2 Å². The van der Waals surface area contributed by atoms with Crippen LogP contribution >= 0.6 is 11.6 Å². The monoisotopic (exact) mass is 676 g/mol. The Labute approximate surface area is 272 Å². The number of nitrogens with one attached hydrogen (secondary N) is 2. The van der Waals surface area contributed by atoms with Crippen LogP contribution in [0.1, 0.15) is 44.1 Å². The molecule has 5 fully saturated rings. The van der Waals surface area contributed by atoms with Gasteiger partial charge >= 0.3 is 0 Å². The smallest absolute Gasteiger partial charge is 0.276 e. The quantitative estimate of drug-likeness (QED) is 0.411. The fourth-order valence-electron chi connectivity index (χ4n) is 7.73. The first kappa shape index (κ1) is 31.7. The summed E-state index contributed by atoms with van der Waals surface area (Å²) in [4.78, 5) is 32.7. The van der Waals surface area contributed by atoms with Gasteiger partial charge in [-0.1, -0.05) is 11.6 Å². The Morgan fingerprint density at radius 3 is 2.28 bits per heavy atom. The van der Waals surface area contributed by atoms with Crippen LogP contribution < -0.4 is 20.4 Å². The number of rotatable bonds is 8. The van der Waals surface area contributed by atoms with Crippen molar-refractivity contribution in [2.24, 2.45) is 23.7 Å². The van der Waals surface area contributed by atoms with Crippen LogP contribution in [0.3, 0.4) is 0 Å². The average molecular weight is 677 g/mol. The minimum atomic E-state index is -3.79. The molecule has 1 aromatic heterocycles. The first-order valence-electron chi connectivity index (χ1n) is 16.2. The molecule has 1 aromatic carbocycles. The van der Waals surface area contributed by atoms with Gasteiger partial charge in [0.2, 0.25) is 21.8 Å². The van der Waals surface area contributed by atoms with Gasteiger partial charge in [-0.05, 0) is 80.3 Å². The number of carbonyl (C=O) groups excluding carboxylic acids is 2. The van der Waals surface area contributed by atoms with E-state index in [9.17, 15) is 18.0 Å². The van der Waals surface area contributed by atoms with E-state index >= 15 is 8.78 Å². The summed E-state index contributed by atoms with van der Waals surface area (Å²) in [5, 5.41) is 6.41. The van der Waals surface area contributed by atoms with Crippen molar-refractivity contribution in [1.82, 2.24) is 19.9 Å². The normalized spacial score (nSPS) is 28.8. The molecule has 4 heterocycles. The molecule has 3 aliphatic heterocycles. The molecule has 3 atom stereocenters. The second-order valence-corrected chi connectivity index (χ2v) is 15.6. The average Bonchev–Trinajstić information content (AvgIpc) is 3.37. The lowest BCUT2D eigenvalue weighted by atomic mass is 9.77. The molecular weight excluding hydrogens is 638 g/mol. The number of pyridine rings is 1. The van der Waals surface area contributed by atoms with E-state index in [0.29, 0.717) is 43.3 Å². The maximum Gasteiger partial charge on any atom is 0.276 e. The van der Waals surface area contributed by atoms with Crippen LogP contribution in [-0.4, -0.2) is 81.4 Å². The van der Waals surface area contributed by atoms with Gasteiger partial charge in [-0.15, -0.1) is 0 Å². The third kappa shape index (κ3) is 5.99. The standard InChI is InChI=1S/C32H39ClF2N6O4S/c33-27-16-22(32(34,35)21-5-3-20(4-6-21)31(43)38-30-25-18-36-19-26(25)30)17-28(37-27)39-12-14-40(15-13-39)46(44,45)24-9-7-23(8-10-24)41-11-1-2-29(41)42/h7-10,16-17,20-21,25-26,30,36H,1-6,11-15,18-19H2,(H,38,43)/t20-,21-,25-,26+,30?. The number of fused-ring (bicyclic) bond motifs is 1. The van der Waals surface area contributed by atoms with Crippen LogP contribution in [0.25, 0.3) is 0 Å². The summed E-state index contributed by atoms with van der Waals surface area (Å²) in [7, 11) is -3.79. The lowest BCUT2D eigenvalue weighted by Gasteiger charge is -2.36. The predicted octanol–water partition coefficient (Wildman–Crippen LogP) is 3.60. The molecule has 248 valence electrons. The summed E-state index contributed by atoms with van der Waals surface area (Å²) < 4.78 is 59.9. The number of amides is 2. The molecule has 46 heavy (non-hydrogen) atoms. The number of piperidine rings is 1. The molecule has 2 saturated carbocycles. The van der Waals surface area contributed by atoms with Crippen LogP contribution in [0, 0.1) is 23.7 Å². The highest BCUT2D eigenvalue weighted by atomic mass is 35.5. The molecule has 5 aliphatic rings. The summed E-state index contributed by atoms with van der Waals surface area (Å²) in [6, 6.07) is 9.15. The van der Waals surface area contributed by atoms with Gasteiger partial charge in [0.15, 0.2) is 0 Å². The number of piperazine rings is 1. The van der Waals surface area contributed by atoms with Crippen molar-refractivity contribution in [3.8, 4) is 0 Å². The van der Waals surface area contributed by atoms with Crippen molar-refractivity contribution in [2.75, 3.05) is 55.6 Å². The van der Waals surface area contributed by atoms with Crippen LogP contribution in [0.15, 0.2) is 41.3 Å². The summed E-state index contributed by atoms with van der Waals surface area (Å²) in [5.74, 6) is -2.98. The summed E-state index contributed by atoms with van der Waals surface area (Å²) in [6.07, 6.45) is 2.60. The van der Waals surface area contributed by atoms with Gasteiger partial charge in [-0.3, -0.25) is 9.59 Å². The van der Waals surface area contributed by atoms with Crippen molar-refractivity contribution in [2.45, 2.75) is 55.4 Å². The second-order valence-electron chi connectivity index (χ2n) is 13.3. The Hall–Kier alpha value is -2.87. The van der Waals surface area contributed by atoms with E-state index in [4.69, 9.17) is 11.6 Å². The number of benzene rings is 1. The predicted molar refractivity (Wildman–Crippen MR) is 169 cm³/mol. The largest absolute Gasteiger partial charge is 0.354 e. The van der Waals surface area contributed by atoms with E-state index in [1.54, 1.807) is 21.9 Å². The molecular formula is C32H39ClF2N6O4S. The van der Waals surface area contributed by atoms with E-state index in [1.807, 2.05) is 0 Å². The number of hydrogen-bond donors (Lipinski definition) is 2. The minimum Gasteiger partial charge on any atom is -0.354 e. The maximum absolute atomic E-state index is 15.9. The fraction of sp³-hybridized carbons (Fsp3) is 0.594. The van der Waals surface area contributed by atoms with E-state index in [1.165, 1.54) is 28.6 Å². The Balaban J connectivity index is 0.959. The molecule has 1 unspecified atom stereocenters. The minimum absolute atomic E-state index is 0.00727. The number of anilines is 2. The van der Waals surface area contributed by atoms with Gasteiger partial charge in [0.25, 0.3) is 5.92 Å². The van der Waals surface area contributed by atoms with Gasteiger partial charge in [0.1, 0.15) is 11.0 Å². The molecule has 2 aliphatic carbocycles. The first-order chi connectivity index (χ1) is 22.0. The van der Waals surface area contributed by atoms with E-state index < -0.39 is 21.9 Å². The zero-order valence-corrected chi connectivity index (χ0v) is 27.1. The third-order valence-corrected chi connectivity index (χ3v) is 12.7. The number of halogens is 3. The molecule has 3 saturated heterocycles. The zero-order valence-electron chi connectivity index (χ0n) is 25.5. The topological polar surface area (TPSA) is 115 Å². The second kappa shape index (κ2) is 12.3. The molecule has 7 rings (SSSR count). The number of sulfonamides is 1. The fourth-order valence-corrected chi connectivity index (χ4v) is 9.36. The zero-order chi connectivity index (χ0) is 32.2. The van der Waals surface area contributed by atoms with Gasteiger partial charge in [0.05, 0.1) is 4.90 Å². The Bertz CT molecular complexity index is 1590. The van der Waals surface area contributed by atoms with Crippen LogP contribution in [-0.2, 0) is 25.5 Å². The number of nitrogens with zero attached hydrogens (tertiary/aromatic N) is 4. The SMILES string of the molecule is O=C1CCCN1c1ccc(S(=O)(=O)N2CCN(c3cc(C(F)(F)[C@H]4CC[C@H](C(=O)NC5[C@H]6CNC[C@@H]56)CC4)cc(Cl)n3)CC2)cc1. The lowest BCUT2D eigenvalue weighted by Crippen LogP contribution is -2.49. The Morgan fingerprint density at radius 2 is 1.65 bits per heavy atom. The molecule has 2 aromatic rings. The highest BCUT2D eigenvalue weighted by Crippen LogP contribution is 2.47. The van der Waals surface area contributed by atoms with Crippen LogP contribution in [0.5, 0.6) is 0 Å². The highest BCUT2D eigenvalue weighted by Gasteiger charge is 2.54. The van der Waals surface area contributed by atoms with Crippen LogP contribution in [0.4, 0.5) is 20.3 Å². The summed E-state index contributed by atoms with van der Waals surface area (Å²) in [5.41, 5.74) is 0.471. The number of carbonyl (C=O) groups is 2. The molecule has 2 N–H and O–H groups in total. The van der Waals surface area contributed by atoms with E-state index in [-0.39, 0.29) is 84.2 Å². The van der Waals surface area contributed by atoms with Gasteiger partial charge in [0, 0.05) is 81.4 Å². The van der Waals surface area contributed by atoms with Gasteiger partial charge in [-0.2, -0.15) is 4.31 Å². The van der Waals surface area contributed by atoms with Crippen molar-refractivity contribution < 1.29 is 26.8 Å². The number of alkyl halides is 2. The van der Waals surface area contributed by atoms with Crippen molar-refractivity contribution in [3.05, 3.63) is 47.1 Å². The van der Waals surface area contributed by atoms with Gasteiger partial charge < -0.3 is 20.4 Å². The van der Waals surface area contributed by atoms with E-state index in [2.05, 4.69) is 15.6 Å². The van der Waals surface area contributed by atoms with Crippen molar-refractivity contribution in [1.29, 1.82) is 0 Å². The summed E-state index contributed by atoms with van der Waals surface area (Å²) in [6.45, 7) is 3.31. The van der Waals surface area contributed by atoms with Crippen LogP contribution in [0.2, 0.25) is 5.15 Å². The Morgan fingerprint density at radius 1 is 0.978 bits per heavy atom. The maximum atomic E-state index is 15.9. The molecule has 14 heteroatoms. The third-order valence-electron chi connectivity index (χ3n) is 10.6. The molecule has 10 nitrogen and oxygen atoms in total. The number of aromatic nitrogens is 1. The summed E-state index contributed by atoms with van der Waals surface area (Å²) >= 11 is 6.26. The molecule has 0 spiro atoms. The van der Waals surface area contributed by atoms with Crippen molar-refractivity contribution in [3.63, 3.8) is 0 Å². The number of hydrogen-bond acceptors (Lipinski definition) is 7. The molecule has 2 amide bonds.